The smallest absolute Gasteiger partial charge is 0.308 e. The van der Waals surface area contributed by atoms with Crippen molar-refractivity contribution >= 4 is 11.9 Å². The van der Waals surface area contributed by atoms with Gasteiger partial charge in [0.1, 0.15) is 5.69 Å². The summed E-state index contributed by atoms with van der Waals surface area (Å²) in [7, 11) is 0. The fourth-order valence-corrected chi connectivity index (χ4v) is 2.35. The molecule has 1 amide bonds. The second-order valence-electron chi connectivity index (χ2n) is 6.60. The summed E-state index contributed by atoms with van der Waals surface area (Å²) in [4.78, 5) is 23.5. The Kier molecular flexibility index (Phi) is 6.00. The van der Waals surface area contributed by atoms with Crippen molar-refractivity contribution in [2.75, 3.05) is 6.54 Å². The van der Waals surface area contributed by atoms with Crippen LogP contribution >= 0.6 is 0 Å². The minimum atomic E-state index is -0.867. The highest BCUT2D eigenvalue weighted by Gasteiger charge is 2.25. The number of nitrogens with zero attached hydrogens (tertiary/aromatic N) is 1. The molecule has 2 N–H and O–H groups in total. The standard InChI is InChI=1S/C16H26N2O3/c1-5-8-18-9-6-7-13(18)14(19)17-11-12(15(20)21)10-16(2,3)4/h6-7,9,12H,5,8,10-11H2,1-4H3,(H,17,19)(H,20,21). The highest BCUT2D eigenvalue weighted by Crippen LogP contribution is 2.24. The molecule has 0 spiro atoms. The summed E-state index contributed by atoms with van der Waals surface area (Å²) in [5.74, 6) is -1.65. The van der Waals surface area contributed by atoms with Crippen molar-refractivity contribution in [1.29, 1.82) is 0 Å². The van der Waals surface area contributed by atoms with Gasteiger partial charge in [-0.05, 0) is 30.4 Å². The molecular formula is C16H26N2O3. The predicted octanol–water partition coefficient (Wildman–Crippen LogP) is 2.76. The molecule has 0 radical (unpaired) electrons. The molecule has 118 valence electrons. The van der Waals surface area contributed by atoms with E-state index < -0.39 is 11.9 Å². The number of carboxylic acids is 1. The van der Waals surface area contributed by atoms with Gasteiger partial charge in [0.2, 0.25) is 0 Å². The molecule has 1 aromatic heterocycles. The first-order valence-corrected chi connectivity index (χ1v) is 7.40. The van der Waals surface area contributed by atoms with Gasteiger partial charge < -0.3 is 15.0 Å². The third-order valence-electron chi connectivity index (χ3n) is 3.24. The van der Waals surface area contributed by atoms with Crippen LogP contribution in [0.2, 0.25) is 0 Å². The van der Waals surface area contributed by atoms with Crippen LogP contribution in [0.25, 0.3) is 0 Å². The molecule has 1 unspecified atom stereocenters. The summed E-state index contributed by atoms with van der Waals surface area (Å²) >= 11 is 0. The summed E-state index contributed by atoms with van der Waals surface area (Å²) in [5, 5.41) is 12.0. The molecule has 1 rings (SSSR count). The molecule has 0 saturated heterocycles. The van der Waals surface area contributed by atoms with E-state index in [1.165, 1.54) is 0 Å². The largest absolute Gasteiger partial charge is 0.481 e. The normalized spacial score (nSPS) is 13.0. The summed E-state index contributed by atoms with van der Waals surface area (Å²) in [6.45, 7) is 8.97. The van der Waals surface area contributed by atoms with E-state index in [1.807, 2.05) is 44.5 Å². The average molecular weight is 294 g/mol. The van der Waals surface area contributed by atoms with Crippen molar-refractivity contribution in [2.45, 2.75) is 47.1 Å². The minimum absolute atomic E-state index is 0.0871. The van der Waals surface area contributed by atoms with Crippen molar-refractivity contribution in [3.63, 3.8) is 0 Å². The molecule has 5 nitrogen and oxygen atoms in total. The second kappa shape index (κ2) is 7.29. The number of carboxylic acid groups (broad SMARTS) is 1. The van der Waals surface area contributed by atoms with E-state index in [2.05, 4.69) is 5.32 Å². The summed E-state index contributed by atoms with van der Waals surface area (Å²) in [6, 6.07) is 3.58. The zero-order chi connectivity index (χ0) is 16.0. The third-order valence-corrected chi connectivity index (χ3v) is 3.24. The molecule has 0 aliphatic carbocycles. The maximum Gasteiger partial charge on any atom is 0.308 e. The van der Waals surface area contributed by atoms with Crippen LogP contribution in [-0.4, -0.2) is 28.1 Å². The first-order chi connectivity index (χ1) is 9.74. The first kappa shape index (κ1) is 17.3. The number of hydrogen-bond acceptors (Lipinski definition) is 2. The molecule has 1 aromatic rings. The van der Waals surface area contributed by atoms with Crippen LogP contribution < -0.4 is 5.32 Å². The summed E-state index contributed by atoms with van der Waals surface area (Å²) in [5.41, 5.74) is 0.493. The number of carbonyl (C=O) groups is 2. The molecule has 0 aliphatic heterocycles. The Morgan fingerprint density at radius 2 is 2.05 bits per heavy atom. The molecule has 0 fully saturated rings. The van der Waals surface area contributed by atoms with Gasteiger partial charge in [0.05, 0.1) is 5.92 Å². The molecular weight excluding hydrogens is 268 g/mol. The Hall–Kier alpha value is -1.78. The second-order valence-corrected chi connectivity index (χ2v) is 6.60. The highest BCUT2D eigenvalue weighted by atomic mass is 16.4. The number of hydrogen-bond donors (Lipinski definition) is 2. The maximum absolute atomic E-state index is 12.2. The Morgan fingerprint density at radius 3 is 2.57 bits per heavy atom. The van der Waals surface area contributed by atoms with Crippen LogP contribution in [0, 0.1) is 11.3 Å². The van der Waals surface area contributed by atoms with E-state index >= 15 is 0 Å². The number of carbonyl (C=O) groups excluding carboxylic acids is 1. The lowest BCUT2D eigenvalue weighted by Crippen LogP contribution is -2.35. The minimum Gasteiger partial charge on any atom is -0.481 e. The molecule has 21 heavy (non-hydrogen) atoms. The quantitative estimate of drug-likeness (QED) is 0.812. The van der Waals surface area contributed by atoms with Gasteiger partial charge in [-0.2, -0.15) is 0 Å². The van der Waals surface area contributed by atoms with Gasteiger partial charge >= 0.3 is 5.97 Å². The van der Waals surface area contributed by atoms with E-state index in [1.54, 1.807) is 6.07 Å². The molecule has 5 heteroatoms. The zero-order valence-corrected chi connectivity index (χ0v) is 13.3. The molecule has 0 aliphatic rings. The lowest BCUT2D eigenvalue weighted by molar-refractivity contribution is -0.142. The Labute approximate surface area is 126 Å². The number of nitrogens with one attached hydrogen (secondary N) is 1. The van der Waals surface area contributed by atoms with Crippen molar-refractivity contribution < 1.29 is 14.7 Å². The summed E-state index contributed by atoms with van der Waals surface area (Å²) < 4.78 is 1.88. The van der Waals surface area contributed by atoms with Crippen LogP contribution in [0.15, 0.2) is 18.3 Å². The maximum atomic E-state index is 12.2. The number of amides is 1. The molecule has 1 heterocycles. The van der Waals surface area contributed by atoms with Crippen LogP contribution in [-0.2, 0) is 11.3 Å². The van der Waals surface area contributed by atoms with Gasteiger partial charge in [0.15, 0.2) is 0 Å². The number of aromatic nitrogens is 1. The predicted molar refractivity (Wildman–Crippen MR) is 82.3 cm³/mol. The number of rotatable bonds is 7. The van der Waals surface area contributed by atoms with E-state index in [0.717, 1.165) is 13.0 Å². The number of aliphatic carboxylic acids is 1. The lowest BCUT2D eigenvalue weighted by atomic mass is 9.84. The van der Waals surface area contributed by atoms with E-state index in [-0.39, 0.29) is 17.9 Å². The van der Waals surface area contributed by atoms with Crippen LogP contribution in [0.1, 0.15) is 51.0 Å². The van der Waals surface area contributed by atoms with E-state index in [9.17, 15) is 14.7 Å². The van der Waals surface area contributed by atoms with Crippen LogP contribution in [0.3, 0.4) is 0 Å². The monoisotopic (exact) mass is 294 g/mol. The molecule has 0 saturated carbocycles. The molecule has 1 atom stereocenters. The lowest BCUT2D eigenvalue weighted by Gasteiger charge is -2.23. The average Bonchev–Trinajstić information content (AvgIpc) is 2.81. The van der Waals surface area contributed by atoms with Gasteiger partial charge in [-0.25, -0.2) is 0 Å². The van der Waals surface area contributed by atoms with Crippen LogP contribution in [0.5, 0.6) is 0 Å². The van der Waals surface area contributed by atoms with Crippen molar-refractivity contribution in [3.05, 3.63) is 24.0 Å². The van der Waals surface area contributed by atoms with Crippen LogP contribution in [0.4, 0.5) is 0 Å². The zero-order valence-electron chi connectivity index (χ0n) is 13.3. The Balaban J connectivity index is 2.65. The third kappa shape index (κ3) is 5.61. The van der Waals surface area contributed by atoms with E-state index in [0.29, 0.717) is 12.1 Å². The SMILES string of the molecule is CCCn1cccc1C(=O)NCC(CC(C)(C)C)C(=O)O. The van der Waals surface area contributed by atoms with Crippen molar-refractivity contribution in [1.82, 2.24) is 9.88 Å². The fraction of sp³-hybridized carbons (Fsp3) is 0.625. The van der Waals surface area contributed by atoms with Gasteiger partial charge in [-0.15, -0.1) is 0 Å². The topological polar surface area (TPSA) is 71.3 Å². The van der Waals surface area contributed by atoms with Gasteiger partial charge in [0.25, 0.3) is 5.91 Å². The molecule has 0 aromatic carbocycles. The highest BCUT2D eigenvalue weighted by molar-refractivity contribution is 5.93. The van der Waals surface area contributed by atoms with Crippen molar-refractivity contribution in [3.8, 4) is 0 Å². The first-order valence-electron chi connectivity index (χ1n) is 7.40. The van der Waals surface area contributed by atoms with Gasteiger partial charge in [-0.1, -0.05) is 27.7 Å². The van der Waals surface area contributed by atoms with Gasteiger partial charge in [0, 0.05) is 19.3 Å². The summed E-state index contributed by atoms with van der Waals surface area (Å²) in [6.07, 6.45) is 3.33. The fourth-order valence-electron chi connectivity index (χ4n) is 2.35. The van der Waals surface area contributed by atoms with Crippen molar-refractivity contribution in [2.24, 2.45) is 11.3 Å². The van der Waals surface area contributed by atoms with E-state index in [4.69, 9.17) is 0 Å². The Bertz CT molecular complexity index is 486. The van der Waals surface area contributed by atoms with Gasteiger partial charge in [-0.3, -0.25) is 9.59 Å². The number of aryl methyl sites for hydroxylation is 1. The molecule has 0 bridgehead atoms. The Morgan fingerprint density at radius 1 is 1.38 bits per heavy atom.